The van der Waals surface area contributed by atoms with Crippen LogP contribution in [0.25, 0.3) is 22.1 Å². The van der Waals surface area contributed by atoms with Gasteiger partial charge in [-0.3, -0.25) is 0 Å². The van der Waals surface area contributed by atoms with E-state index in [1.54, 1.807) is 24.3 Å². The Kier molecular flexibility index (Phi) is 3.47. The number of aromatic nitrogens is 6. The molecule has 0 atom stereocenters. The molecule has 3 N–H and O–H groups in total. The van der Waals surface area contributed by atoms with E-state index < -0.39 is 5.54 Å². The second kappa shape index (κ2) is 5.70. The van der Waals surface area contributed by atoms with Crippen molar-refractivity contribution >= 4 is 39.5 Å². The summed E-state index contributed by atoms with van der Waals surface area (Å²) in [7, 11) is 1.79. The number of H-pyrrole nitrogens is 1. The molecule has 0 fully saturated rings. The number of nitrogens with zero attached hydrogens (tertiary/aromatic N) is 6. The van der Waals surface area contributed by atoms with Crippen LogP contribution in [0, 0.1) is 11.3 Å². The topological polar surface area (TPSA) is 120 Å². The molecule has 0 aliphatic carbocycles. The van der Waals surface area contributed by atoms with Gasteiger partial charge in [0.25, 0.3) is 0 Å². The monoisotopic (exact) mass is 347 g/mol. The van der Waals surface area contributed by atoms with Crippen molar-refractivity contribution in [2.75, 3.05) is 17.7 Å². The Balaban J connectivity index is 1.80. The molecule has 4 rings (SSSR count). The number of hydrogen-bond acceptors (Lipinski definition) is 7. The summed E-state index contributed by atoms with van der Waals surface area (Å²) in [6, 6.07) is 8.03. The first-order chi connectivity index (χ1) is 12.5. The summed E-state index contributed by atoms with van der Waals surface area (Å²) in [5.74, 6) is 1.08. The molecule has 3 heterocycles. The third-order valence-electron chi connectivity index (χ3n) is 4.19. The van der Waals surface area contributed by atoms with Gasteiger partial charge < -0.3 is 15.6 Å². The average molecular weight is 347 g/mol. The maximum atomic E-state index is 9.40. The molecule has 0 saturated carbocycles. The van der Waals surface area contributed by atoms with E-state index in [0.29, 0.717) is 17.4 Å². The number of aromatic amines is 1. The Labute approximate surface area is 149 Å². The van der Waals surface area contributed by atoms with Crippen LogP contribution in [0.4, 0.5) is 17.5 Å². The smallest absolute Gasteiger partial charge is 0.231 e. The molecule has 9 heteroatoms. The quantitative estimate of drug-likeness (QED) is 0.519. The maximum Gasteiger partial charge on any atom is 0.231 e. The van der Waals surface area contributed by atoms with Gasteiger partial charge in [0.1, 0.15) is 11.1 Å². The summed E-state index contributed by atoms with van der Waals surface area (Å²) in [6.45, 7) is 3.65. The lowest BCUT2D eigenvalue weighted by Gasteiger charge is -2.17. The van der Waals surface area contributed by atoms with E-state index in [4.69, 9.17) is 0 Å². The van der Waals surface area contributed by atoms with Gasteiger partial charge in [-0.2, -0.15) is 20.3 Å². The van der Waals surface area contributed by atoms with Gasteiger partial charge in [0, 0.05) is 12.4 Å². The first kappa shape index (κ1) is 15.8. The van der Waals surface area contributed by atoms with Crippen LogP contribution in [0.5, 0.6) is 0 Å². The Morgan fingerprint density at radius 3 is 2.88 bits per heavy atom. The molecule has 26 heavy (non-hydrogen) atoms. The Morgan fingerprint density at radius 2 is 2.12 bits per heavy atom. The normalized spacial score (nSPS) is 11.6. The van der Waals surface area contributed by atoms with E-state index >= 15 is 0 Å². The van der Waals surface area contributed by atoms with Crippen LogP contribution in [0.2, 0.25) is 0 Å². The van der Waals surface area contributed by atoms with Crippen molar-refractivity contribution in [3.63, 3.8) is 0 Å². The third kappa shape index (κ3) is 2.39. The van der Waals surface area contributed by atoms with Crippen LogP contribution in [-0.4, -0.2) is 36.8 Å². The molecule has 130 valence electrons. The highest BCUT2D eigenvalue weighted by atomic mass is 15.3. The fourth-order valence-electron chi connectivity index (χ4n) is 2.84. The highest BCUT2D eigenvalue weighted by Crippen LogP contribution is 2.29. The van der Waals surface area contributed by atoms with Crippen LogP contribution >= 0.6 is 0 Å². The lowest BCUT2D eigenvalue weighted by atomic mass is 10.1. The zero-order valence-electron chi connectivity index (χ0n) is 14.6. The number of fused-ring (bicyclic) bond motifs is 2. The number of rotatable bonds is 4. The minimum Gasteiger partial charge on any atom is -0.371 e. The van der Waals surface area contributed by atoms with E-state index in [2.05, 4.69) is 41.7 Å². The molecule has 4 aromatic rings. The Hall–Kier alpha value is -3.67. The van der Waals surface area contributed by atoms with Gasteiger partial charge in [-0.1, -0.05) is 6.07 Å². The molecule has 0 radical (unpaired) electrons. The SMILES string of the molecule is CNc1nc(Nc2cccc3c2cnn3C(C)(C)C#N)nc2nc[nH]c12. The van der Waals surface area contributed by atoms with Gasteiger partial charge in [-0.25, -0.2) is 9.67 Å². The van der Waals surface area contributed by atoms with Gasteiger partial charge in [0.05, 0.1) is 29.8 Å². The molecular formula is C17H17N9. The largest absolute Gasteiger partial charge is 0.371 e. The predicted molar refractivity (Wildman–Crippen MR) is 99.2 cm³/mol. The van der Waals surface area contributed by atoms with Crippen LogP contribution < -0.4 is 10.6 Å². The van der Waals surface area contributed by atoms with Gasteiger partial charge in [0.15, 0.2) is 11.5 Å². The minimum atomic E-state index is -0.746. The van der Waals surface area contributed by atoms with Crippen molar-refractivity contribution in [3.8, 4) is 6.07 Å². The lowest BCUT2D eigenvalue weighted by molar-refractivity contribution is 0.433. The highest BCUT2D eigenvalue weighted by molar-refractivity contribution is 5.93. The summed E-state index contributed by atoms with van der Waals surface area (Å²) in [6.07, 6.45) is 3.32. The number of imidazole rings is 1. The third-order valence-corrected chi connectivity index (χ3v) is 4.19. The highest BCUT2D eigenvalue weighted by Gasteiger charge is 2.23. The number of benzene rings is 1. The molecule has 0 spiro atoms. The van der Waals surface area contributed by atoms with E-state index in [-0.39, 0.29) is 0 Å². The van der Waals surface area contributed by atoms with Crippen molar-refractivity contribution in [3.05, 3.63) is 30.7 Å². The lowest BCUT2D eigenvalue weighted by Crippen LogP contribution is -2.24. The van der Waals surface area contributed by atoms with Crippen molar-refractivity contribution in [2.45, 2.75) is 19.4 Å². The molecule has 0 aliphatic rings. The molecule has 3 aromatic heterocycles. The first-order valence-electron chi connectivity index (χ1n) is 8.08. The predicted octanol–water partition coefficient (Wildman–Crippen LogP) is 2.75. The molecule has 0 amide bonds. The zero-order valence-corrected chi connectivity index (χ0v) is 14.6. The molecule has 1 aromatic carbocycles. The number of nitrogens with one attached hydrogen (secondary N) is 3. The van der Waals surface area contributed by atoms with Crippen molar-refractivity contribution < 1.29 is 0 Å². The number of nitriles is 1. The first-order valence-corrected chi connectivity index (χ1v) is 8.08. The van der Waals surface area contributed by atoms with E-state index in [0.717, 1.165) is 22.1 Å². The van der Waals surface area contributed by atoms with Crippen molar-refractivity contribution in [2.24, 2.45) is 0 Å². The fourth-order valence-corrected chi connectivity index (χ4v) is 2.84. The second-order valence-electron chi connectivity index (χ2n) is 6.34. The van der Waals surface area contributed by atoms with Gasteiger partial charge >= 0.3 is 0 Å². The van der Waals surface area contributed by atoms with Crippen molar-refractivity contribution in [1.29, 1.82) is 5.26 Å². The summed E-state index contributed by atoms with van der Waals surface area (Å²) >= 11 is 0. The number of anilines is 3. The van der Waals surface area contributed by atoms with Crippen LogP contribution in [0.15, 0.2) is 30.7 Å². The second-order valence-corrected chi connectivity index (χ2v) is 6.34. The van der Waals surface area contributed by atoms with E-state index in [1.807, 2.05) is 32.0 Å². The van der Waals surface area contributed by atoms with E-state index in [9.17, 15) is 5.26 Å². The van der Waals surface area contributed by atoms with Crippen LogP contribution in [0.3, 0.4) is 0 Å². The summed E-state index contributed by atoms with van der Waals surface area (Å²) in [4.78, 5) is 16.1. The van der Waals surface area contributed by atoms with Gasteiger partial charge in [0.2, 0.25) is 5.95 Å². The Bertz CT molecular complexity index is 1150. The molecule has 9 nitrogen and oxygen atoms in total. The summed E-state index contributed by atoms with van der Waals surface area (Å²) in [5.41, 5.74) is 2.24. The van der Waals surface area contributed by atoms with Crippen LogP contribution in [-0.2, 0) is 5.54 Å². The van der Waals surface area contributed by atoms with Crippen molar-refractivity contribution in [1.82, 2.24) is 29.7 Å². The molecule has 0 saturated heterocycles. The van der Waals surface area contributed by atoms with Gasteiger partial charge in [-0.05, 0) is 26.0 Å². The van der Waals surface area contributed by atoms with E-state index in [1.165, 1.54) is 0 Å². The van der Waals surface area contributed by atoms with Gasteiger partial charge in [-0.15, -0.1) is 0 Å². The summed E-state index contributed by atoms with van der Waals surface area (Å²) < 4.78 is 1.71. The Morgan fingerprint density at radius 1 is 1.27 bits per heavy atom. The minimum absolute atomic E-state index is 0.425. The number of hydrogen-bond donors (Lipinski definition) is 3. The molecular weight excluding hydrogens is 330 g/mol. The maximum absolute atomic E-state index is 9.40. The zero-order chi connectivity index (χ0) is 18.3. The molecule has 0 unspecified atom stereocenters. The van der Waals surface area contributed by atoms with Crippen LogP contribution in [0.1, 0.15) is 13.8 Å². The fraction of sp³-hybridized carbons (Fsp3) is 0.235. The average Bonchev–Trinajstić information content (AvgIpc) is 3.28. The summed E-state index contributed by atoms with van der Waals surface area (Å²) in [5, 5.41) is 21.0. The molecule has 0 aliphatic heterocycles. The standard InChI is InChI=1S/C17H17N9/c1-17(2,8-18)26-12-6-4-5-11(10(12)7-22-26)23-16-24-14(19-3)13-15(25-16)21-9-20-13/h4-7,9H,1-3H3,(H3,19,20,21,23,24,25). The molecule has 0 bridgehead atoms.